The van der Waals surface area contributed by atoms with E-state index in [0.29, 0.717) is 13.2 Å². The summed E-state index contributed by atoms with van der Waals surface area (Å²) in [7, 11) is 0. The maximum Gasteiger partial charge on any atom is 0.119 e. The maximum atomic E-state index is 5.89. The van der Waals surface area contributed by atoms with Gasteiger partial charge in [-0.3, -0.25) is 0 Å². The molecule has 0 saturated heterocycles. The monoisotopic (exact) mass is 380 g/mol. The Hall–Kier alpha value is -2.06. The van der Waals surface area contributed by atoms with Crippen LogP contribution in [0.25, 0.3) is 11.1 Å². The third-order valence-corrected chi connectivity index (χ3v) is 4.91. The standard InChI is InChI=1S/C26H36O2/c1-3-5-6-7-8-9-10-11-21-28-26-18-16-25(17-19-26)24-14-12-23(13-15-24)22-27-20-4-2/h4,12-19H,2-3,5-11,20-22H2,1H3. The van der Waals surface area contributed by atoms with Crippen LogP contribution in [0.4, 0.5) is 0 Å². The molecule has 0 aliphatic rings. The molecule has 0 spiro atoms. The van der Waals surface area contributed by atoms with Crippen LogP contribution in [0.5, 0.6) is 5.75 Å². The van der Waals surface area contributed by atoms with Gasteiger partial charge in [-0.25, -0.2) is 0 Å². The minimum Gasteiger partial charge on any atom is -0.494 e. The molecule has 0 atom stereocenters. The Morgan fingerprint density at radius 1 is 0.750 bits per heavy atom. The Kier molecular flexibility index (Phi) is 11.1. The number of hydrogen-bond donors (Lipinski definition) is 0. The van der Waals surface area contributed by atoms with Crippen molar-refractivity contribution in [3.05, 3.63) is 66.7 Å². The van der Waals surface area contributed by atoms with Gasteiger partial charge in [0.05, 0.1) is 19.8 Å². The molecule has 0 heterocycles. The second-order valence-corrected chi connectivity index (χ2v) is 7.35. The van der Waals surface area contributed by atoms with Crippen molar-refractivity contribution in [1.82, 2.24) is 0 Å². The lowest BCUT2D eigenvalue weighted by Crippen LogP contribution is -1.97. The van der Waals surface area contributed by atoms with Crippen molar-refractivity contribution in [3.63, 3.8) is 0 Å². The molecular formula is C26H36O2. The lowest BCUT2D eigenvalue weighted by atomic mass is 10.0. The molecule has 0 aliphatic heterocycles. The lowest BCUT2D eigenvalue weighted by Gasteiger charge is -2.08. The Balaban J connectivity index is 1.66. The minimum absolute atomic E-state index is 0.585. The van der Waals surface area contributed by atoms with Crippen molar-refractivity contribution in [1.29, 1.82) is 0 Å². The topological polar surface area (TPSA) is 18.5 Å². The fourth-order valence-corrected chi connectivity index (χ4v) is 3.22. The third kappa shape index (κ3) is 8.75. The zero-order valence-corrected chi connectivity index (χ0v) is 17.5. The first-order valence-electron chi connectivity index (χ1n) is 10.8. The summed E-state index contributed by atoms with van der Waals surface area (Å²) < 4.78 is 11.4. The number of rotatable bonds is 15. The van der Waals surface area contributed by atoms with Gasteiger partial charge in [0.2, 0.25) is 0 Å². The van der Waals surface area contributed by atoms with Gasteiger partial charge < -0.3 is 9.47 Å². The van der Waals surface area contributed by atoms with Crippen LogP contribution in [0, 0.1) is 0 Å². The second kappa shape index (κ2) is 14.0. The van der Waals surface area contributed by atoms with E-state index in [1.165, 1.54) is 61.6 Å². The molecule has 0 N–H and O–H groups in total. The maximum absolute atomic E-state index is 5.89. The summed E-state index contributed by atoms with van der Waals surface area (Å²) >= 11 is 0. The highest BCUT2D eigenvalue weighted by Crippen LogP contribution is 2.23. The number of benzene rings is 2. The molecule has 152 valence electrons. The normalized spacial score (nSPS) is 10.8. The van der Waals surface area contributed by atoms with Gasteiger partial charge in [0.1, 0.15) is 5.75 Å². The summed E-state index contributed by atoms with van der Waals surface area (Å²) in [4.78, 5) is 0. The molecule has 28 heavy (non-hydrogen) atoms. The molecule has 0 fully saturated rings. The average Bonchev–Trinajstić information content (AvgIpc) is 2.74. The van der Waals surface area contributed by atoms with Gasteiger partial charge in [-0.05, 0) is 35.2 Å². The fraction of sp³-hybridized carbons (Fsp3) is 0.462. The van der Waals surface area contributed by atoms with E-state index in [2.05, 4.69) is 62.0 Å². The molecule has 0 aromatic heterocycles. The van der Waals surface area contributed by atoms with Gasteiger partial charge in [-0.15, -0.1) is 6.58 Å². The molecule has 2 aromatic rings. The molecule has 0 saturated carbocycles. The van der Waals surface area contributed by atoms with Gasteiger partial charge >= 0.3 is 0 Å². The van der Waals surface area contributed by atoms with Crippen LogP contribution >= 0.6 is 0 Å². The van der Waals surface area contributed by atoms with Gasteiger partial charge in [0.25, 0.3) is 0 Å². The average molecular weight is 381 g/mol. The van der Waals surface area contributed by atoms with E-state index in [9.17, 15) is 0 Å². The first-order chi connectivity index (χ1) is 13.8. The Morgan fingerprint density at radius 3 is 1.93 bits per heavy atom. The van der Waals surface area contributed by atoms with Crippen molar-refractivity contribution in [3.8, 4) is 16.9 Å². The minimum atomic E-state index is 0.585. The Bertz CT molecular complexity index is 643. The molecule has 2 aromatic carbocycles. The summed E-state index contributed by atoms with van der Waals surface area (Å²) in [5.41, 5.74) is 3.59. The summed E-state index contributed by atoms with van der Waals surface area (Å²) in [6.07, 6.45) is 12.4. The van der Waals surface area contributed by atoms with E-state index in [-0.39, 0.29) is 0 Å². The lowest BCUT2D eigenvalue weighted by molar-refractivity contribution is 0.149. The van der Waals surface area contributed by atoms with Crippen LogP contribution in [0.3, 0.4) is 0 Å². The molecule has 2 rings (SSSR count). The van der Waals surface area contributed by atoms with E-state index >= 15 is 0 Å². The van der Waals surface area contributed by atoms with Gasteiger partial charge in [0.15, 0.2) is 0 Å². The van der Waals surface area contributed by atoms with Crippen LogP contribution in [-0.2, 0) is 11.3 Å². The van der Waals surface area contributed by atoms with Gasteiger partial charge in [-0.2, -0.15) is 0 Å². The van der Waals surface area contributed by atoms with Crippen LogP contribution < -0.4 is 4.74 Å². The molecule has 2 heteroatoms. The first-order valence-corrected chi connectivity index (χ1v) is 10.8. The van der Waals surface area contributed by atoms with Crippen molar-refractivity contribution in [2.75, 3.05) is 13.2 Å². The third-order valence-electron chi connectivity index (χ3n) is 4.91. The van der Waals surface area contributed by atoms with Crippen molar-refractivity contribution >= 4 is 0 Å². The van der Waals surface area contributed by atoms with Crippen LogP contribution in [0.2, 0.25) is 0 Å². The largest absolute Gasteiger partial charge is 0.494 e. The highest BCUT2D eigenvalue weighted by Gasteiger charge is 2.00. The van der Waals surface area contributed by atoms with Gasteiger partial charge in [0, 0.05) is 0 Å². The van der Waals surface area contributed by atoms with Crippen molar-refractivity contribution < 1.29 is 9.47 Å². The summed E-state index contributed by atoms with van der Waals surface area (Å²) in [5.74, 6) is 0.959. The first kappa shape index (κ1) is 22.2. The smallest absolute Gasteiger partial charge is 0.119 e. The quantitative estimate of drug-likeness (QED) is 0.234. The van der Waals surface area contributed by atoms with Gasteiger partial charge in [-0.1, -0.05) is 94.3 Å². The molecule has 0 radical (unpaired) electrons. The molecule has 2 nitrogen and oxygen atoms in total. The zero-order chi connectivity index (χ0) is 19.9. The van der Waals surface area contributed by atoms with Crippen LogP contribution in [-0.4, -0.2) is 13.2 Å². The van der Waals surface area contributed by atoms with E-state index < -0.39 is 0 Å². The van der Waals surface area contributed by atoms with Crippen LogP contribution in [0.15, 0.2) is 61.2 Å². The zero-order valence-electron chi connectivity index (χ0n) is 17.5. The molecule has 0 aliphatic carbocycles. The predicted molar refractivity (Wildman–Crippen MR) is 120 cm³/mol. The highest BCUT2D eigenvalue weighted by molar-refractivity contribution is 5.64. The molecule has 0 amide bonds. The Labute approximate surface area is 171 Å². The summed E-state index contributed by atoms with van der Waals surface area (Å²) in [6.45, 7) is 7.95. The number of unbranched alkanes of at least 4 members (excludes halogenated alkanes) is 7. The molecule has 0 unspecified atom stereocenters. The van der Waals surface area contributed by atoms with E-state index in [4.69, 9.17) is 9.47 Å². The fourth-order valence-electron chi connectivity index (χ4n) is 3.22. The van der Waals surface area contributed by atoms with E-state index in [1.807, 2.05) is 0 Å². The summed E-state index contributed by atoms with van der Waals surface area (Å²) in [6, 6.07) is 16.9. The van der Waals surface area contributed by atoms with E-state index in [0.717, 1.165) is 18.8 Å². The number of hydrogen-bond acceptors (Lipinski definition) is 2. The molecule has 0 bridgehead atoms. The SMILES string of the molecule is C=CCOCc1ccc(-c2ccc(OCCCCCCCCCC)cc2)cc1. The van der Waals surface area contributed by atoms with Crippen molar-refractivity contribution in [2.24, 2.45) is 0 Å². The number of ether oxygens (including phenoxy) is 2. The Morgan fingerprint density at radius 2 is 1.32 bits per heavy atom. The second-order valence-electron chi connectivity index (χ2n) is 7.35. The van der Waals surface area contributed by atoms with Crippen molar-refractivity contribution in [2.45, 2.75) is 64.9 Å². The van der Waals surface area contributed by atoms with Crippen LogP contribution in [0.1, 0.15) is 63.9 Å². The molecular weight excluding hydrogens is 344 g/mol. The summed E-state index contributed by atoms with van der Waals surface area (Å²) in [5, 5.41) is 0. The van der Waals surface area contributed by atoms with E-state index in [1.54, 1.807) is 6.08 Å². The predicted octanol–water partition coefficient (Wildman–Crippen LogP) is 7.58. The highest BCUT2D eigenvalue weighted by atomic mass is 16.5.